The molecule has 0 aliphatic rings. The fourth-order valence-electron chi connectivity index (χ4n) is 2.85. The highest BCUT2D eigenvalue weighted by Crippen LogP contribution is 2.25. The SMILES string of the molecule is Cc1cc(C(=O)NCCOc2ccccc2C(C)C)ccc1N(C)S(C)(=O)=O. The third-order valence-electron chi connectivity index (χ3n) is 4.48. The second-order valence-electron chi connectivity index (χ2n) is 7.03. The number of benzene rings is 2. The number of nitrogens with zero attached hydrogens (tertiary/aromatic N) is 1. The fourth-order valence-corrected chi connectivity index (χ4v) is 3.41. The molecule has 0 saturated heterocycles. The van der Waals surface area contributed by atoms with Gasteiger partial charge in [0.1, 0.15) is 12.4 Å². The largest absolute Gasteiger partial charge is 0.491 e. The van der Waals surface area contributed by atoms with E-state index in [9.17, 15) is 13.2 Å². The molecule has 2 aromatic carbocycles. The van der Waals surface area contributed by atoms with Gasteiger partial charge in [0.2, 0.25) is 10.0 Å². The molecule has 0 bridgehead atoms. The van der Waals surface area contributed by atoms with E-state index in [4.69, 9.17) is 4.74 Å². The van der Waals surface area contributed by atoms with Crippen LogP contribution < -0.4 is 14.4 Å². The number of carbonyl (C=O) groups is 1. The Hall–Kier alpha value is -2.54. The van der Waals surface area contributed by atoms with Crippen molar-refractivity contribution in [3.05, 3.63) is 59.2 Å². The predicted octanol–water partition coefficient (Wildman–Crippen LogP) is 3.32. The van der Waals surface area contributed by atoms with Crippen molar-refractivity contribution >= 4 is 21.6 Å². The number of anilines is 1. The zero-order valence-corrected chi connectivity index (χ0v) is 17.8. The lowest BCUT2D eigenvalue weighted by Crippen LogP contribution is -2.29. The molecule has 2 rings (SSSR count). The highest BCUT2D eigenvalue weighted by Gasteiger charge is 2.16. The van der Waals surface area contributed by atoms with Crippen LogP contribution in [-0.4, -0.2) is 40.8 Å². The molecule has 0 aliphatic carbocycles. The first-order valence-electron chi connectivity index (χ1n) is 9.15. The Kier molecular flexibility index (Phi) is 7.07. The number of rotatable bonds is 8. The minimum absolute atomic E-state index is 0.225. The van der Waals surface area contributed by atoms with E-state index < -0.39 is 10.0 Å². The summed E-state index contributed by atoms with van der Waals surface area (Å²) in [7, 11) is -1.86. The molecule has 0 aromatic heterocycles. The second-order valence-corrected chi connectivity index (χ2v) is 9.04. The first-order valence-corrected chi connectivity index (χ1v) is 11.0. The minimum Gasteiger partial charge on any atom is -0.491 e. The normalized spacial score (nSPS) is 11.4. The molecule has 0 radical (unpaired) electrons. The summed E-state index contributed by atoms with van der Waals surface area (Å²) in [6, 6.07) is 12.8. The van der Waals surface area contributed by atoms with Crippen LogP contribution in [0.15, 0.2) is 42.5 Å². The van der Waals surface area contributed by atoms with Crippen LogP contribution in [-0.2, 0) is 10.0 Å². The summed E-state index contributed by atoms with van der Waals surface area (Å²) in [5.41, 5.74) is 2.87. The van der Waals surface area contributed by atoms with E-state index in [1.807, 2.05) is 24.3 Å². The highest BCUT2D eigenvalue weighted by molar-refractivity contribution is 7.92. The Morgan fingerprint density at radius 3 is 2.46 bits per heavy atom. The van der Waals surface area contributed by atoms with Gasteiger partial charge in [-0.25, -0.2) is 8.42 Å². The molecule has 0 atom stereocenters. The Morgan fingerprint density at radius 2 is 1.86 bits per heavy atom. The van der Waals surface area contributed by atoms with Crippen LogP contribution in [0.1, 0.15) is 41.3 Å². The van der Waals surface area contributed by atoms with Crippen molar-refractivity contribution in [2.45, 2.75) is 26.7 Å². The summed E-state index contributed by atoms with van der Waals surface area (Å²) in [5.74, 6) is 0.963. The number of aryl methyl sites for hydroxylation is 1. The maximum absolute atomic E-state index is 12.4. The summed E-state index contributed by atoms with van der Waals surface area (Å²) >= 11 is 0. The van der Waals surface area contributed by atoms with Gasteiger partial charge in [-0.2, -0.15) is 0 Å². The topological polar surface area (TPSA) is 75.7 Å². The van der Waals surface area contributed by atoms with Crippen molar-refractivity contribution in [1.82, 2.24) is 5.32 Å². The van der Waals surface area contributed by atoms with Gasteiger partial charge in [-0.3, -0.25) is 9.10 Å². The third-order valence-corrected chi connectivity index (χ3v) is 5.67. The lowest BCUT2D eigenvalue weighted by Gasteiger charge is -2.19. The highest BCUT2D eigenvalue weighted by atomic mass is 32.2. The Bertz CT molecular complexity index is 939. The lowest BCUT2D eigenvalue weighted by molar-refractivity contribution is 0.0947. The standard InChI is InChI=1S/C21H28N2O4S/c1-15(2)18-8-6-7-9-20(18)27-13-12-22-21(24)17-10-11-19(16(3)14-17)23(4)28(5,25)26/h6-11,14-15H,12-13H2,1-5H3,(H,22,24). The summed E-state index contributed by atoms with van der Waals surface area (Å²) in [4.78, 5) is 12.4. The van der Waals surface area contributed by atoms with E-state index in [1.54, 1.807) is 25.1 Å². The van der Waals surface area contributed by atoms with Crippen LogP contribution in [0.5, 0.6) is 5.75 Å². The molecule has 28 heavy (non-hydrogen) atoms. The molecule has 0 unspecified atom stereocenters. The zero-order valence-electron chi connectivity index (χ0n) is 17.0. The van der Waals surface area contributed by atoms with Crippen molar-refractivity contribution < 1.29 is 17.9 Å². The van der Waals surface area contributed by atoms with Gasteiger partial charge in [-0.15, -0.1) is 0 Å². The van der Waals surface area contributed by atoms with Crippen molar-refractivity contribution in [3.63, 3.8) is 0 Å². The van der Waals surface area contributed by atoms with E-state index in [0.29, 0.717) is 35.9 Å². The third kappa shape index (κ3) is 5.48. The van der Waals surface area contributed by atoms with Crippen molar-refractivity contribution in [3.8, 4) is 5.75 Å². The molecule has 1 amide bonds. The van der Waals surface area contributed by atoms with Crippen LogP contribution in [0.2, 0.25) is 0 Å². The molecule has 7 heteroatoms. The van der Waals surface area contributed by atoms with Crippen LogP contribution in [0.4, 0.5) is 5.69 Å². The average Bonchev–Trinajstić information content (AvgIpc) is 2.63. The van der Waals surface area contributed by atoms with Gasteiger partial charge >= 0.3 is 0 Å². The Balaban J connectivity index is 1.95. The molecule has 0 saturated carbocycles. The number of ether oxygens (including phenoxy) is 1. The van der Waals surface area contributed by atoms with Gasteiger partial charge in [-0.1, -0.05) is 32.0 Å². The first-order chi connectivity index (χ1) is 13.1. The number of para-hydroxylation sites is 1. The second kappa shape index (κ2) is 9.10. The summed E-state index contributed by atoms with van der Waals surface area (Å²) in [6.45, 7) is 6.73. The molecule has 1 N–H and O–H groups in total. The maximum Gasteiger partial charge on any atom is 0.251 e. The molecular formula is C21H28N2O4S. The van der Waals surface area contributed by atoms with Crippen molar-refractivity contribution in [2.75, 3.05) is 30.8 Å². The number of nitrogens with one attached hydrogen (secondary N) is 1. The van der Waals surface area contributed by atoms with Gasteiger partial charge < -0.3 is 10.1 Å². The quantitative estimate of drug-likeness (QED) is 0.685. The van der Waals surface area contributed by atoms with Crippen molar-refractivity contribution in [1.29, 1.82) is 0 Å². The number of hydrogen-bond donors (Lipinski definition) is 1. The van der Waals surface area contributed by atoms with Gasteiger partial charge in [0.05, 0.1) is 18.5 Å². The fraction of sp³-hybridized carbons (Fsp3) is 0.381. The average molecular weight is 405 g/mol. The molecular weight excluding hydrogens is 376 g/mol. The van der Waals surface area contributed by atoms with E-state index >= 15 is 0 Å². The molecule has 6 nitrogen and oxygen atoms in total. The molecule has 0 aliphatic heterocycles. The minimum atomic E-state index is -3.35. The maximum atomic E-state index is 12.4. The Morgan fingerprint density at radius 1 is 1.18 bits per heavy atom. The van der Waals surface area contributed by atoms with Gasteiger partial charge in [-0.05, 0) is 48.2 Å². The zero-order chi connectivity index (χ0) is 20.9. The summed E-state index contributed by atoms with van der Waals surface area (Å²) < 4.78 is 30.4. The summed E-state index contributed by atoms with van der Waals surface area (Å²) in [6.07, 6.45) is 1.14. The van der Waals surface area contributed by atoms with Crippen LogP contribution >= 0.6 is 0 Å². The first kappa shape index (κ1) is 21.8. The van der Waals surface area contributed by atoms with Crippen LogP contribution in [0, 0.1) is 6.92 Å². The Labute approximate surface area is 167 Å². The lowest BCUT2D eigenvalue weighted by atomic mass is 10.0. The van der Waals surface area contributed by atoms with Crippen LogP contribution in [0.25, 0.3) is 0 Å². The van der Waals surface area contributed by atoms with E-state index in [0.717, 1.165) is 17.6 Å². The number of amides is 1. The van der Waals surface area contributed by atoms with Crippen molar-refractivity contribution in [2.24, 2.45) is 0 Å². The molecule has 152 valence electrons. The van der Waals surface area contributed by atoms with Gasteiger partial charge in [0.15, 0.2) is 0 Å². The van der Waals surface area contributed by atoms with Gasteiger partial charge in [0, 0.05) is 12.6 Å². The molecule has 2 aromatic rings. The van der Waals surface area contributed by atoms with Gasteiger partial charge in [0.25, 0.3) is 5.91 Å². The number of hydrogen-bond acceptors (Lipinski definition) is 4. The van der Waals surface area contributed by atoms with E-state index in [2.05, 4.69) is 19.2 Å². The summed E-state index contributed by atoms with van der Waals surface area (Å²) in [5, 5.41) is 2.83. The van der Waals surface area contributed by atoms with E-state index in [-0.39, 0.29) is 5.91 Å². The number of sulfonamides is 1. The predicted molar refractivity (Wildman–Crippen MR) is 113 cm³/mol. The number of carbonyl (C=O) groups excluding carboxylic acids is 1. The monoisotopic (exact) mass is 404 g/mol. The molecule has 0 fully saturated rings. The van der Waals surface area contributed by atoms with E-state index in [1.165, 1.54) is 11.4 Å². The molecule has 0 spiro atoms. The van der Waals surface area contributed by atoms with Crippen LogP contribution in [0.3, 0.4) is 0 Å². The molecule has 0 heterocycles. The smallest absolute Gasteiger partial charge is 0.251 e.